The van der Waals surface area contributed by atoms with E-state index in [1.807, 2.05) is 0 Å². The van der Waals surface area contributed by atoms with Gasteiger partial charge in [0.25, 0.3) is 0 Å². The topological polar surface area (TPSA) is 101 Å². The maximum Gasteiger partial charge on any atom is 0.321 e. The largest absolute Gasteiger partial charge is 0.481 e. The van der Waals surface area contributed by atoms with E-state index in [9.17, 15) is 9.59 Å². The fourth-order valence-electron chi connectivity index (χ4n) is 0.514. The first kappa shape index (κ1) is 16.0. The first-order chi connectivity index (χ1) is 5.95. The van der Waals surface area contributed by atoms with Crippen LogP contribution in [-0.4, -0.2) is 39.7 Å². The molecule has 4 N–H and O–H groups in total. The average Bonchev–Trinajstić information content (AvgIpc) is 2.03. The lowest BCUT2D eigenvalue weighted by molar-refractivity contribution is -0.140. The van der Waals surface area contributed by atoms with E-state index in [-0.39, 0.29) is 18.2 Å². The van der Waals surface area contributed by atoms with E-state index >= 15 is 0 Å². The molecule has 2 atom stereocenters. The molecular formula is C7H14ClNO4S. The van der Waals surface area contributed by atoms with Crippen LogP contribution in [0.25, 0.3) is 0 Å². The number of carboxylic acids is 2. The van der Waals surface area contributed by atoms with Crippen LogP contribution in [0.2, 0.25) is 0 Å². The van der Waals surface area contributed by atoms with Crippen LogP contribution < -0.4 is 5.73 Å². The molecule has 0 bridgehead atoms. The molecule has 5 nitrogen and oxygen atoms in total. The molecule has 0 rings (SSSR count). The Labute approximate surface area is 92.5 Å². The first-order valence-corrected chi connectivity index (χ1v) is 4.89. The van der Waals surface area contributed by atoms with E-state index in [1.165, 1.54) is 11.8 Å². The summed E-state index contributed by atoms with van der Waals surface area (Å²) >= 11 is 1.24. The van der Waals surface area contributed by atoms with E-state index in [1.54, 1.807) is 6.92 Å². The summed E-state index contributed by atoms with van der Waals surface area (Å²) in [7, 11) is 0. The van der Waals surface area contributed by atoms with E-state index < -0.39 is 23.9 Å². The van der Waals surface area contributed by atoms with Crippen LogP contribution in [0.5, 0.6) is 0 Å². The molecule has 84 valence electrons. The highest BCUT2D eigenvalue weighted by atomic mass is 35.5. The minimum Gasteiger partial charge on any atom is -0.481 e. The van der Waals surface area contributed by atoms with Gasteiger partial charge >= 0.3 is 11.9 Å². The van der Waals surface area contributed by atoms with E-state index in [4.69, 9.17) is 15.9 Å². The highest BCUT2D eigenvalue weighted by Crippen LogP contribution is 2.09. The predicted octanol–water partition coefficient (Wildman–Crippen LogP) is 0.274. The van der Waals surface area contributed by atoms with Crippen molar-refractivity contribution in [3.8, 4) is 0 Å². The number of carboxylic acid groups (broad SMARTS) is 2. The van der Waals surface area contributed by atoms with Crippen molar-refractivity contribution in [2.24, 2.45) is 11.7 Å². The smallest absolute Gasteiger partial charge is 0.321 e. The maximum absolute atomic E-state index is 10.3. The fraction of sp³-hybridized carbons (Fsp3) is 0.714. The summed E-state index contributed by atoms with van der Waals surface area (Å²) in [5, 5.41) is 16.9. The van der Waals surface area contributed by atoms with Gasteiger partial charge in [-0.1, -0.05) is 6.92 Å². The third-order valence-corrected chi connectivity index (χ3v) is 2.73. The zero-order valence-corrected chi connectivity index (χ0v) is 9.31. The van der Waals surface area contributed by atoms with Gasteiger partial charge in [-0.2, -0.15) is 11.8 Å². The Hall–Kier alpha value is -0.460. The summed E-state index contributed by atoms with van der Waals surface area (Å²) in [6, 6.07) is -0.911. The van der Waals surface area contributed by atoms with Gasteiger partial charge in [0.1, 0.15) is 6.04 Å². The van der Waals surface area contributed by atoms with Gasteiger partial charge < -0.3 is 15.9 Å². The second kappa shape index (κ2) is 7.90. The lowest BCUT2D eigenvalue weighted by Gasteiger charge is -2.07. The summed E-state index contributed by atoms with van der Waals surface area (Å²) in [5.74, 6) is -1.78. The number of hydrogen-bond donors (Lipinski definition) is 3. The molecule has 14 heavy (non-hydrogen) atoms. The molecular weight excluding hydrogens is 230 g/mol. The van der Waals surface area contributed by atoms with Gasteiger partial charge in [0.05, 0.1) is 5.92 Å². The summed E-state index contributed by atoms with van der Waals surface area (Å²) in [6.07, 6.45) is 0. The Morgan fingerprint density at radius 1 is 1.29 bits per heavy atom. The summed E-state index contributed by atoms with van der Waals surface area (Å²) in [5.41, 5.74) is 5.21. The molecule has 0 aliphatic heterocycles. The van der Waals surface area contributed by atoms with Crippen LogP contribution in [-0.2, 0) is 9.59 Å². The van der Waals surface area contributed by atoms with Crippen molar-refractivity contribution in [1.29, 1.82) is 0 Å². The number of rotatable bonds is 6. The molecule has 0 aromatic heterocycles. The van der Waals surface area contributed by atoms with Gasteiger partial charge in [0, 0.05) is 11.5 Å². The number of halogens is 1. The summed E-state index contributed by atoms with van der Waals surface area (Å²) in [6.45, 7) is 1.57. The van der Waals surface area contributed by atoms with Crippen molar-refractivity contribution >= 4 is 36.1 Å². The molecule has 0 aromatic carbocycles. The van der Waals surface area contributed by atoms with Crippen molar-refractivity contribution in [2.75, 3.05) is 11.5 Å². The van der Waals surface area contributed by atoms with Gasteiger partial charge in [-0.25, -0.2) is 0 Å². The van der Waals surface area contributed by atoms with Gasteiger partial charge in [-0.15, -0.1) is 12.4 Å². The highest BCUT2D eigenvalue weighted by Gasteiger charge is 2.14. The fourth-order valence-corrected chi connectivity index (χ4v) is 1.54. The molecule has 0 aliphatic rings. The van der Waals surface area contributed by atoms with Gasteiger partial charge in [0.15, 0.2) is 0 Å². The molecule has 0 saturated heterocycles. The van der Waals surface area contributed by atoms with Gasteiger partial charge in [0.2, 0.25) is 0 Å². The molecule has 0 aliphatic carbocycles. The van der Waals surface area contributed by atoms with Crippen LogP contribution >= 0.6 is 24.2 Å². The Bertz CT molecular complexity index is 182. The Balaban J connectivity index is 0. The lowest BCUT2D eigenvalue weighted by Crippen LogP contribution is -2.32. The standard InChI is InChI=1S/C7H13NO4S.ClH/c1-4(6(9)10)2-13-3-5(8)7(11)12;/h4-5H,2-3,8H2,1H3,(H,9,10)(H,11,12);1H/t4?,5-;/m1./s1. The number of nitrogens with two attached hydrogens (primary N) is 1. The molecule has 7 heteroatoms. The Morgan fingerprint density at radius 3 is 2.14 bits per heavy atom. The van der Waals surface area contributed by atoms with E-state index in [0.717, 1.165) is 0 Å². The van der Waals surface area contributed by atoms with Crippen molar-refractivity contribution in [3.63, 3.8) is 0 Å². The zero-order valence-electron chi connectivity index (χ0n) is 7.67. The third kappa shape index (κ3) is 6.99. The van der Waals surface area contributed by atoms with Gasteiger partial charge in [-0.05, 0) is 0 Å². The molecule has 0 amide bonds. The molecule has 0 aromatic rings. The molecule has 0 heterocycles. The molecule has 0 spiro atoms. The van der Waals surface area contributed by atoms with Crippen LogP contribution in [0.3, 0.4) is 0 Å². The molecule has 0 fully saturated rings. The summed E-state index contributed by atoms with van der Waals surface area (Å²) in [4.78, 5) is 20.6. The lowest BCUT2D eigenvalue weighted by atomic mass is 10.2. The number of thioether (sulfide) groups is 1. The van der Waals surface area contributed by atoms with Crippen LogP contribution in [0.1, 0.15) is 6.92 Å². The van der Waals surface area contributed by atoms with E-state index in [2.05, 4.69) is 0 Å². The van der Waals surface area contributed by atoms with Gasteiger partial charge in [-0.3, -0.25) is 9.59 Å². The monoisotopic (exact) mass is 243 g/mol. The SMILES string of the molecule is CC(CSC[C@@H](N)C(=O)O)C(=O)O.Cl. The second-order valence-corrected chi connectivity index (χ2v) is 3.80. The number of hydrogen-bond acceptors (Lipinski definition) is 4. The normalized spacial score (nSPS) is 13.9. The molecule has 1 unspecified atom stereocenters. The minimum absolute atomic E-state index is 0. The van der Waals surface area contributed by atoms with Crippen molar-refractivity contribution < 1.29 is 19.8 Å². The first-order valence-electron chi connectivity index (χ1n) is 3.74. The predicted molar refractivity (Wildman–Crippen MR) is 57.0 cm³/mol. The van der Waals surface area contributed by atoms with Crippen LogP contribution in [0, 0.1) is 5.92 Å². The average molecular weight is 244 g/mol. The Morgan fingerprint density at radius 2 is 1.79 bits per heavy atom. The second-order valence-electron chi connectivity index (χ2n) is 2.72. The van der Waals surface area contributed by atoms with Crippen LogP contribution in [0.4, 0.5) is 0 Å². The molecule has 0 radical (unpaired) electrons. The third-order valence-electron chi connectivity index (χ3n) is 1.40. The zero-order chi connectivity index (χ0) is 10.4. The molecule has 0 saturated carbocycles. The maximum atomic E-state index is 10.3. The van der Waals surface area contributed by atoms with Crippen LogP contribution in [0.15, 0.2) is 0 Å². The van der Waals surface area contributed by atoms with Crippen molar-refractivity contribution in [1.82, 2.24) is 0 Å². The number of carbonyl (C=O) groups is 2. The Kier molecular flexibility index (Phi) is 9.02. The highest BCUT2D eigenvalue weighted by molar-refractivity contribution is 7.99. The minimum atomic E-state index is -1.06. The number of aliphatic carboxylic acids is 2. The quantitative estimate of drug-likeness (QED) is 0.619. The summed E-state index contributed by atoms with van der Waals surface area (Å²) < 4.78 is 0. The van der Waals surface area contributed by atoms with Crippen molar-refractivity contribution in [3.05, 3.63) is 0 Å². The van der Waals surface area contributed by atoms with E-state index in [0.29, 0.717) is 5.75 Å². The van der Waals surface area contributed by atoms with Crippen molar-refractivity contribution in [2.45, 2.75) is 13.0 Å².